The lowest BCUT2D eigenvalue weighted by atomic mass is 10.0. The number of hydrogen-bond acceptors (Lipinski definition) is 2. The van der Waals surface area contributed by atoms with Gasteiger partial charge >= 0.3 is 0 Å². The van der Waals surface area contributed by atoms with Crippen LogP contribution in [0.1, 0.15) is 34.6 Å². The summed E-state index contributed by atoms with van der Waals surface area (Å²) in [4.78, 5) is 17.0. The van der Waals surface area contributed by atoms with E-state index in [0.29, 0.717) is 16.5 Å². The van der Waals surface area contributed by atoms with E-state index in [-0.39, 0.29) is 17.8 Å². The van der Waals surface area contributed by atoms with Crippen LogP contribution in [0.4, 0.5) is 4.39 Å². The molecule has 0 spiro atoms. The zero-order chi connectivity index (χ0) is 16.4. The third-order valence-corrected chi connectivity index (χ3v) is 3.79. The number of fused-ring (bicyclic) bond motifs is 1. The fraction of sp³-hybridized carbons (Fsp3) is 0.158. The van der Waals surface area contributed by atoms with Gasteiger partial charge in [0.15, 0.2) is 0 Å². The van der Waals surface area contributed by atoms with Crippen molar-refractivity contribution in [3.05, 3.63) is 77.2 Å². The highest BCUT2D eigenvalue weighted by molar-refractivity contribution is 6.06. The van der Waals surface area contributed by atoms with E-state index in [4.69, 9.17) is 0 Å². The van der Waals surface area contributed by atoms with Gasteiger partial charge in [-0.15, -0.1) is 0 Å². The van der Waals surface area contributed by atoms with Crippen molar-refractivity contribution < 1.29 is 9.18 Å². The van der Waals surface area contributed by atoms with Gasteiger partial charge in [0.05, 0.1) is 17.1 Å². The molecule has 0 aliphatic heterocycles. The number of halogens is 1. The molecule has 1 aromatic heterocycles. The fourth-order valence-corrected chi connectivity index (χ4v) is 2.62. The second-order valence-corrected chi connectivity index (χ2v) is 5.58. The van der Waals surface area contributed by atoms with Crippen molar-refractivity contribution in [1.82, 2.24) is 10.3 Å². The number of nitrogens with one attached hydrogen (secondary N) is 1. The summed E-state index contributed by atoms with van der Waals surface area (Å²) in [6.45, 7) is 3.74. The van der Waals surface area contributed by atoms with Crippen molar-refractivity contribution >= 4 is 16.8 Å². The minimum Gasteiger partial charge on any atom is -0.345 e. The SMILES string of the molecule is Cc1cc(C(=O)N[C@@H](C)c2ccccc2)c2cc(F)ccc2n1. The first-order valence-corrected chi connectivity index (χ1v) is 7.47. The van der Waals surface area contributed by atoms with E-state index in [9.17, 15) is 9.18 Å². The van der Waals surface area contributed by atoms with Crippen LogP contribution in [-0.2, 0) is 0 Å². The van der Waals surface area contributed by atoms with Crippen LogP contribution in [0.25, 0.3) is 10.9 Å². The number of aromatic nitrogens is 1. The molecule has 0 bridgehead atoms. The molecular formula is C19H17FN2O. The van der Waals surface area contributed by atoms with Gasteiger partial charge in [0.25, 0.3) is 5.91 Å². The highest BCUT2D eigenvalue weighted by atomic mass is 19.1. The van der Waals surface area contributed by atoms with E-state index in [2.05, 4.69) is 10.3 Å². The van der Waals surface area contributed by atoms with Gasteiger partial charge in [-0.05, 0) is 43.7 Å². The first-order chi connectivity index (χ1) is 11.0. The molecule has 2 aromatic carbocycles. The van der Waals surface area contributed by atoms with Crippen molar-refractivity contribution in [3.8, 4) is 0 Å². The summed E-state index contributed by atoms with van der Waals surface area (Å²) in [6, 6.07) is 15.6. The van der Waals surface area contributed by atoms with Crippen LogP contribution in [0.5, 0.6) is 0 Å². The Balaban J connectivity index is 1.96. The molecular weight excluding hydrogens is 291 g/mol. The van der Waals surface area contributed by atoms with E-state index in [1.807, 2.05) is 44.2 Å². The minimum atomic E-state index is -0.381. The number of pyridine rings is 1. The molecule has 116 valence electrons. The Morgan fingerprint density at radius 1 is 1.13 bits per heavy atom. The number of hydrogen-bond donors (Lipinski definition) is 1. The standard InChI is InChI=1S/C19H17FN2O/c1-12-10-17(16-11-15(20)8-9-18(16)21-12)19(23)22-13(2)14-6-4-3-5-7-14/h3-11,13H,1-2H3,(H,22,23)/t13-/m0/s1. The number of amides is 1. The predicted octanol–water partition coefficient (Wildman–Crippen LogP) is 4.17. The average molecular weight is 308 g/mol. The van der Waals surface area contributed by atoms with Crippen LogP contribution in [0, 0.1) is 12.7 Å². The maximum atomic E-state index is 13.5. The Morgan fingerprint density at radius 3 is 2.61 bits per heavy atom. The molecule has 3 rings (SSSR count). The molecule has 1 heterocycles. The van der Waals surface area contributed by atoms with Crippen LogP contribution in [0.3, 0.4) is 0 Å². The molecule has 0 radical (unpaired) electrons. The fourth-order valence-electron chi connectivity index (χ4n) is 2.62. The maximum absolute atomic E-state index is 13.5. The first-order valence-electron chi connectivity index (χ1n) is 7.47. The van der Waals surface area contributed by atoms with Crippen LogP contribution < -0.4 is 5.32 Å². The van der Waals surface area contributed by atoms with Crippen molar-refractivity contribution in [3.63, 3.8) is 0 Å². The Labute approximate surface area is 134 Å². The smallest absolute Gasteiger partial charge is 0.252 e. The van der Waals surface area contributed by atoms with Gasteiger partial charge < -0.3 is 5.32 Å². The van der Waals surface area contributed by atoms with E-state index in [1.165, 1.54) is 12.1 Å². The summed E-state index contributed by atoms with van der Waals surface area (Å²) in [5.74, 6) is -0.615. The Kier molecular flexibility index (Phi) is 4.06. The summed E-state index contributed by atoms with van der Waals surface area (Å²) < 4.78 is 13.5. The van der Waals surface area contributed by atoms with Gasteiger partial charge in [0.2, 0.25) is 0 Å². The summed E-state index contributed by atoms with van der Waals surface area (Å²) in [5.41, 5.74) is 2.79. The zero-order valence-electron chi connectivity index (χ0n) is 13.0. The third-order valence-electron chi connectivity index (χ3n) is 3.79. The monoisotopic (exact) mass is 308 g/mol. The van der Waals surface area contributed by atoms with Crippen molar-refractivity contribution in [2.75, 3.05) is 0 Å². The van der Waals surface area contributed by atoms with Gasteiger partial charge in [-0.25, -0.2) is 4.39 Å². The molecule has 4 heteroatoms. The lowest BCUT2D eigenvalue weighted by molar-refractivity contribution is 0.0941. The van der Waals surface area contributed by atoms with E-state index in [1.54, 1.807) is 12.1 Å². The van der Waals surface area contributed by atoms with Crippen LogP contribution in [-0.4, -0.2) is 10.9 Å². The van der Waals surface area contributed by atoms with Gasteiger partial charge in [-0.1, -0.05) is 30.3 Å². The normalized spacial score (nSPS) is 12.1. The van der Waals surface area contributed by atoms with Gasteiger partial charge in [0.1, 0.15) is 5.82 Å². The number of aryl methyl sites for hydroxylation is 1. The molecule has 1 amide bonds. The largest absolute Gasteiger partial charge is 0.345 e. The predicted molar refractivity (Wildman–Crippen MR) is 88.8 cm³/mol. The second kappa shape index (κ2) is 6.16. The topological polar surface area (TPSA) is 42.0 Å². The number of benzene rings is 2. The minimum absolute atomic E-state index is 0.138. The molecule has 0 saturated carbocycles. The van der Waals surface area contributed by atoms with Crippen molar-refractivity contribution in [1.29, 1.82) is 0 Å². The van der Waals surface area contributed by atoms with Gasteiger partial charge in [-0.3, -0.25) is 9.78 Å². The van der Waals surface area contributed by atoms with Crippen LogP contribution in [0.15, 0.2) is 54.6 Å². The summed E-state index contributed by atoms with van der Waals surface area (Å²) >= 11 is 0. The highest BCUT2D eigenvalue weighted by Gasteiger charge is 2.15. The molecule has 1 atom stereocenters. The molecule has 0 fully saturated rings. The first kappa shape index (κ1) is 15.2. The lowest BCUT2D eigenvalue weighted by Gasteiger charge is -2.15. The van der Waals surface area contributed by atoms with Crippen molar-refractivity contribution in [2.45, 2.75) is 19.9 Å². The quantitative estimate of drug-likeness (QED) is 0.789. The van der Waals surface area contributed by atoms with Crippen LogP contribution >= 0.6 is 0 Å². The van der Waals surface area contributed by atoms with Crippen molar-refractivity contribution in [2.24, 2.45) is 0 Å². The number of carbonyl (C=O) groups is 1. The molecule has 0 unspecified atom stereocenters. The van der Waals surface area contributed by atoms with Gasteiger partial charge in [0, 0.05) is 11.1 Å². The van der Waals surface area contributed by atoms with Gasteiger partial charge in [-0.2, -0.15) is 0 Å². The lowest BCUT2D eigenvalue weighted by Crippen LogP contribution is -2.27. The Morgan fingerprint density at radius 2 is 1.87 bits per heavy atom. The Bertz CT molecular complexity index is 862. The molecule has 0 aliphatic carbocycles. The maximum Gasteiger partial charge on any atom is 0.252 e. The molecule has 3 nitrogen and oxygen atoms in total. The summed E-state index contributed by atoms with van der Waals surface area (Å²) in [5, 5.41) is 3.48. The molecule has 23 heavy (non-hydrogen) atoms. The highest BCUT2D eigenvalue weighted by Crippen LogP contribution is 2.21. The van der Waals surface area contributed by atoms with E-state index < -0.39 is 0 Å². The zero-order valence-corrected chi connectivity index (χ0v) is 13.0. The summed E-state index contributed by atoms with van der Waals surface area (Å²) in [7, 11) is 0. The molecule has 1 N–H and O–H groups in total. The van der Waals surface area contributed by atoms with Crippen LogP contribution in [0.2, 0.25) is 0 Å². The third kappa shape index (κ3) is 3.21. The molecule has 3 aromatic rings. The molecule has 0 aliphatic rings. The molecule has 0 saturated heterocycles. The average Bonchev–Trinajstić information content (AvgIpc) is 2.55. The Hall–Kier alpha value is -2.75. The number of nitrogens with zero attached hydrogens (tertiary/aromatic N) is 1. The summed E-state index contributed by atoms with van der Waals surface area (Å²) in [6.07, 6.45) is 0. The van der Waals surface area contributed by atoms with E-state index in [0.717, 1.165) is 11.3 Å². The second-order valence-electron chi connectivity index (χ2n) is 5.58. The number of carbonyl (C=O) groups excluding carboxylic acids is 1. The van der Waals surface area contributed by atoms with E-state index >= 15 is 0 Å². The number of rotatable bonds is 3.